The monoisotopic (exact) mass is 105 g/mol. The minimum absolute atomic E-state index is 0.677. The van der Waals surface area contributed by atoms with Gasteiger partial charge in [-0.05, 0) is 19.0 Å². The Balaban J connectivity index is 2.34. The molecule has 3 N–H and O–H groups in total. The summed E-state index contributed by atoms with van der Waals surface area (Å²) < 4.78 is 0. The minimum atomic E-state index is -0.677. The molecule has 0 spiro atoms. The fraction of sp³-hybridized carbons (Fsp3) is 1.00. The molecule has 0 unspecified atom stereocenters. The summed E-state index contributed by atoms with van der Waals surface area (Å²) >= 11 is 0. The lowest BCUT2D eigenvalue weighted by molar-refractivity contribution is 0.596. The van der Waals surface area contributed by atoms with Crippen LogP contribution in [0.5, 0.6) is 0 Å². The second-order valence-electron chi connectivity index (χ2n) is 1.22. The van der Waals surface area contributed by atoms with E-state index in [2.05, 4.69) is 0 Å². The van der Waals surface area contributed by atoms with Crippen molar-refractivity contribution in [3.63, 3.8) is 0 Å². The van der Waals surface area contributed by atoms with Crippen LogP contribution in [0, 0.1) is 0 Å². The Labute approximate surface area is 40.3 Å². The zero-order valence-corrected chi connectivity index (χ0v) is 5.27. The lowest BCUT2D eigenvalue weighted by Crippen LogP contribution is -1.99. The highest BCUT2D eigenvalue weighted by Crippen LogP contribution is 1.79. The van der Waals surface area contributed by atoms with E-state index < -0.39 is 9.76 Å². The van der Waals surface area contributed by atoms with Crippen molar-refractivity contribution in [3.8, 4) is 0 Å². The Hall–Kier alpha value is 0.137. The van der Waals surface area contributed by atoms with Gasteiger partial charge in [0.25, 0.3) is 0 Å². The van der Waals surface area contributed by atoms with Crippen molar-refractivity contribution in [2.45, 2.75) is 12.5 Å². The van der Waals surface area contributed by atoms with Gasteiger partial charge in [-0.2, -0.15) is 0 Å². The summed E-state index contributed by atoms with van der Waals surface area (Å²) in [5, 5.41) is 0. The van der Waals surface area contributed by atoms with Crippen LogP contribution in [0.4, 0.5) is 0 Å². The summed E-state index contributed by atoms with van der Waals surface area (Å²) in [4.78, 5) is 8.28. The van der Waals surface area contributed by atoms with Crippen LogP contribution in [-0.2, 0) is 0 Å². The van der Waals surface area contributed by atoms with Crippen LogP contribution in [0.3, 0.4) is 0 Å². The first-order valence-corrected chi connectivity index (χ1v) is 3.86. The van der Waals surface area contributed by atoms with Crippen LogP contribution < -0.4 is 5.73 Å². The van der Waals surface area contributed by atoms with Gasteiger partial charge in [0.05, 0.1) is 0 Å². The second-order valence-corrected chi connectivity index (χ2v) is 2.37. The van der Waals surface area contributed by atoms with Crippen LogP contribution in [-0.4, -0.2) is 21.1 Å². The minimum Gasteiger partial charge on any atom is -0.438 e. The van der Waals surface area contributed by atoms with Gasteiger partial charge in [0.1, 0.15) is 0 Å². The molecule has 0 atom stereocenters. The third kappa shape index (κ3) is 4.14. The van der Waals surface area contributed by atoms with Crippen molar-refractivity contribution in [1.29, 1.82) is 0 Å². The predicted octanol–water partition coefficient (Wildman–Crippen LogP) is -1.17. The molecular formula is C3H11NOSi. The van der Waals surface area contributed by atoms with Gasteiger partial charge in [-0.3, -0.25) is 0 Å². The average molecular weight is 105 g/mol. The summed E-state index contributed by atoms with van der Waals surface area (Å²) in [5.74, 6) is 0. The Kier molecular flexibility index (Phi) is 5.25. The zero-order chi connectivity index (χ0) is 4.83. The summed E-state index contributed by atoms with van der Waals surface area (Å²) in [5.41, 5.74) is 5.13. The first kappa shape index (κ1) is 6.14. The maximum absolute atomic E-state index is 8.28. The maximum atomic E-state index is 8.28. The van der Waals surface area contributed by atoms with Crippen molar-refractivity contribution in [1.82, 2.24) is 0 Å². The van der Waals surface area contributed by atoms with E-state index in [0.717, 1.165) is 19.0 Å². The smallest absolute Gasteiger partial charge is 0.156 e. The molecule has 0 aliphatic carbocycles. The number of hydrogen-bond donors (Lipinski definition) is 2. The number of rotatable bonds is 3. The van der Waals surface area contributed by atoms with Gasteiger partial charge in [0.2, 0.25) is 0 Å². The van der Waals surface area contributed by atoms with Gasteiger partial charge in [0, 0.05) is 0 Å². The predicted molar refractivity (Wildman–Crippen MR) is 29.2 cm³/mol. The van der Waals surface area contributed by atoms with Gasteiger partial charge in [-0.25, -0.2) is 0 Å². The van der Waals surface area contributed by atoms with Crippen LogP contribution >= 0.6 is 0 Å². The molecule has 0 rings (SSSR count). The molecule has 0 aromatic carbocycles. The normalized spacial score (nSPS) is 11.0. The molecule has 0 amide bonds. The van der Waals surface area contributed by atoms with E-state index in [9.17, 15) is 0 Å². The topological polar surface area (TPSA) is 46.2 Å². The van der Waals surface area contributed by atoms with Gasteiger partial charge in [-0.15, -0.1) is 0 Å². The summed E-state index contributed by atoms with van der Waals surface area (Å²) in [6.45, 7) is 0.730. The molecule has 38 valence electrons. The first-order chi connectivity index (χ1) is 2.91. The van der Waals surface area contributed by atoms with Gasteiger partial charge >= 0.3 is 0 Å². The molecule has 2 nitrogen and oxygen atoms in total. The third-order valence-electron chi connectivity index (χ3n) is 0.612. The van der Waals surface area contributed by atoms with Crippen LogP contribution in [0.15, 0.2) is 0 Å². The van der Waals surface area contributed by atoms with Crippen LogP contribution in [0.25, 0.3) is 0 Å². The van der Waals surface area contributed by atoms with Crippen LogP contribution in [0.2, 0.25) is 6.04 Å². The van der Waals surface area contributed by atoms with Gasteiger partial charge in [-0.1, -0.05) is 0 Å². The fourth-order valence-corrected chi connectivity index (χ4v) is 0.768. The molecular weight excluding hydrogens is 94.1 g/mol. The number of hydrogen-bond acceptors (Lipinski definition) is 2. The summed E-state index contributed by atoms with van der Waals surface area (Å²) in [7, 11) is -0.677. The van der Waals surface area contributed by atoms with E-state index >= 15 is 0 Å². The quantitative estimate of drug-likeness (QED) is 0.351. The Morgan fingerprint density at radius 2 is 2.33 bits per heavy atom. The first-order valence-electron chi connectivity index (χ1n) is 2.22. The van der Waals surface area contributed by atoms with E-state index in [1.165, 1.54) is 0 Å². The second kappa shape index (κ2) is 5.14. The SMILES string of the molecule is NCCC[SiH2]O. The molecule has 0 aliphatic rings. The molecule has 0 radical (unpaired) electrons. The lowest BCUT2D eigenvalue weighted by Gasteiger charge is -1.85. The van der Waals surface area contributed by atoms with Gasteiger partial charge in [0.15, 0.2) is 9.76 Å². The summed E-state index contributed by atoms with van der Waals surface area (Å²) in [6, 6.07) is 0.983. The van der Waals surface area contributed by atoms with E-state index in [4.69, 9.17) is 10.5 Å². The van der Waals surface area contributed by atoms with E-state index in [-0.39, 0.29) is 0 Å². The van der Waals surface area contributed by atoms with Crippen molar-refractivity contribution < 1.29 is 4.80 Å². The molecule has 0 fully saturated rings. The van der Waals surface area contributed by atoms with E-state index in [0.29, 0.717) is 0 Å². The summed E-state index contributed by atoms with van der Waals surface area (Å²) in [6.07, 6.45) is 1.00. The molecule has 0 heterocycles. The molecule has 0 aromatic heterocycles. The van der Waals surface area contributed by atoms with Crippen molar-refractivity contribution in [3.05, 3.63) is 0 Å². The van der Waals surface area contributed by atoms with E-state index in [1.807, 2.05) is 0 Å². The maximum Gasteiger partial charge on any atom is 0.156 e. The molecule has 0 bridgehead atoms. The Bertz CT molecular complexity index is 22.8. The Morgan fingerprint density at radius 3 is 2.50 bits per heavy atom. The average Bonchev–Trinajstić information content (AvgIpc) is 1.61. The highest BCUT2D eigenvalue weighted by atomic mass is 28.2. The highest BCUT2D eigenvalue weighted by Gasteiger charge is 1.78. The fourth-order valence-electron chi connectivity index (χ4n) is 0.256. The largest absolute Gasteiger partial charge is 0.438 e. The molecule has 0 saturated carbocycles. The molecule has 3 heteroatoms. The van der Waals surface area contributed by atoms with Crippen molar-refractivity contribution in [2.24, 2.45) is 5.73 Å². The molecule has 0 aliphatic heterocycles. The third-order valence-corrected chi connectivity index (χ3v) is 1.43. The highest BCUT2D eigenvalue weighted by molar-refractivity contribution is 6.25. The molecule has 6 heavy (non-hydrogen) atoms. The van der Waals surface area contributed by atoms with Crippen LogP contribution in [0.1, 0.15) is 6.42 Å². The van der Waals surface area contributed by atoms with Gasteiger partial charge < -0.3 is 10.5 Å². The lowest BCUT2D eigenvalue weighted by atomic mass is 10.5. The standard InChI is InChI=1S/C3H11NOSi/c4-2-1-3-6-5/h5H,1-4,6H2. The zero-order valence-electron chi connectivity index (χ0n) is 3.85. The van der Waals surface area contributed by atoms with Crippen molar-refractivity contribution in [2.75, 3.05) is 6.54 Å². The Morgan fingerprint density at radius 1 is 1.67 bits per heavy atom. The number of nitrogens with two attached hydrogens (primary N) is 1. The van der Waals surface area contributed by atoms with Crippen molar-refractivity contribution >= 4 is 9.76 Å². The van der Waals surface area contributed by atoms with E-state index in [1.54, 1.807) is 0 Å². The molecule has 0 aromatic rings. The molecule has 0 saturated heterocycles.